The van der Waals surface area contributed by atoms with Crippen LogP contribution in [0.1, 0.15) is 48.3 Å². The van der Waals surface area contributed by atoms with E-state index >= 15 is 0 Å². The van der Waals surface area contributed by atoms with Gasteiger partial charge in [0.25, 0.3) is 0 Å². The second-order valence-electron chi connectivity index (χ2n) is 9.58. The second kappa shape index (κ2) is 8.58. The number of carbonyl (C=O) groups is 2. The smallest absolute Gasteiger partial charge is 0.340 e. The molecule has 1 aliphatic carbocycles. The number of hydrogen-bond acceptors (Lipinski definition) is 5. The molecule has 0 unspecified atom stereocenters. The molecule has 4 aromatic rings. The molecule has 1 aromatic carbocycles. The molecule has 2 bridgehead atoms. The highest BCUT2D eigenvalue weighted by Crippen LogP contribution is 2.42. The summed E-state index contributed by atoms with van der Waals surface area (Å²) in [6.45, 7) is 2.63. The van der Waals surface area contributed by atoms with E-state index in [2.05, 4.69) is 36.7 Å². The summed E-state index contributed by atoms with van der Waals surface area (Å²) in [6.07, 6.45) is 6.95. The molecule has 1 amide bonds. The Morgan fingerprint density at radius 3 is 2.89 bits per heavy atom. The number of halogens is 1. The molecule has 3 aromatic heterocycles. The lowest BCUT2D eigenvalue weighted by Gasteiger charge is -2.15. The summed E-state index contributed by atoms with van der Waals surface area (Å²) >= 11 is 0. The fraction of sp³-hybridized carbons (Fsp3) is 0.333. The number of aromatic amines is 1. The van der Waals surface area contributed by atoms with Gasteiger partial charge >= 0.3 is 5.97 Å². The summed E-state index contributed by atoms with van der Waals surface area (Å²) in [6, 6.07) is 8.39. The minimum absolute atomic E-state index is 0.0942. The van der Waals surface area contributed by atoms with Crippen molar-refractivity contribution in [1.82, 2.24) is 24.8 Å². The molecule has 2 aliphatic rings. The number of rotatable bonds is 2. The van der Waals surface area contributed by atoms with Crippen molar-refractivity contribution < 1.29 is 18.7 Å². The third-order valence-corrected chi connectivity index (χ3v) is 7.17. The Labute approximate surface area is 206 Å². The van der Waals surface area contributed by atoms with Gasteiger partial charge in [0.15, 0.2) is 5.82 Å². The highest BCUT2D eigenvalue weighted by atomic mass is 19.1. The number of aryl methyl sites for hydroxylation is 1. The Hall–Kier alpha value is -4.01. The number of imidazole rings is 1. The summed E-state index contributed by atoms with van der Waals surface area (Å²) in [5.41, 5.74) is 3.19. The van der Waals surface area contributed by atoms with Gasteiger partial charge in [-0.15, -0.1) is 0 Å². The van der Waals surface area contributed by atoms with Gasteiger partial charge in [-0.3, -0.25) is 4.79 Å². The number of pyridine rings is 1. The Morgan fingerprint density at radius 2 is 2.06 bits per heavy atom. The first-order chi connectivity index (χ1) is 17.4. The molecule has 3 atom stereocenters. The molecular formula is C27H26FN5O3. The van der Waals surface area contributed by atoms with Crippen LogP contribution in [0.5, 0.6) is 0 Å². The average Bonchev–Trinajstić information content (AvgIpc) is 3.39. The van der Waals surface area contributed by atoms with Gasteiger partial charge in [0, 0.05) is 23.9 Å². The maximum absolute atomic E-state index is 14.5. The van der Waals surface area contributed by atoms with E-state index in [1.165, 1.54) is 19.2 Å². The predicted octanol–water partition coefficient (Wildman–Crippen LogP) is 4.67. The molecule has 2 N–H and O–H groups in total. The lowest BCUT2D eigenvalue weighted by molar-refractivity contribution is -0.123. The number of hydrogen-bond donors (Lipinski definition) is 2. The number of allylic oxidation sites excluding steroid dienone is 2. The molecule has 1 fully saturated rings. The largest absolute Gasteiger partial charge is 0.465 e. The summed E-state index contributed by atoms with van der Waals surface area (Å²) in [7, 11) is 1.22. The van der Waals surface area contributed by atoms with E-state index in [0.717, 1.165) is 41.7 Å². The molecular weight excluding hydrogens is 461 g/mol. The van der Waals surface area contributed by atoms with Crippen LogP contribution in [0.4, 0.5) is 4.39 Å². The molecule has 0 spiro atoms. The third-order valence-electron chi connectivity index (χ3n) is 7.17. The number of esters is 1. The number of amides is 1. The highest BCUT2D eigenvalue weighted by Gasteiger charge is 2.42. The number of carbonyl (C=O) groups excluding carboxylic acids is 2. The summed E-state index contributed by atoms with van der Waals surface area (Å²) < 4.78 is 21.3. The van der Waals surface area contributed by atoms with Crippen LogP contribution in [0.2, 0.25) is 0 Å². The van der Waals surface area contributed by atoms with Crippen molar-refractivity contribution in [3.63, 3.8) is 0 Å². The number of H-pyrrole nitrogens is 1. The van der Waals surface area contributed by atoms with Crippen molar-refractivity contribution in [3.8, 4) is 11.5 Å². The van der Waals surface area contributed by atoms with Crippen molar-refractivity contribution in [3.05, 3.63) is 59.6 Å². The van der Waals surface area contributed by atoms with Crippen LogP contribution in [-0.2, 0) is 16.1 Å². The molecule has 6 rings (SSSR count). The fourth-order valence-corrected chi connectivity index (χ4v) is 5.04. The van der Waals surface area contributed by atoms with Crippen molar-refractivity contribution in [2.24, 2.45) is 11.8 Å². The Balaban J connectivity index is 1.45. The molecule has 36 heavy (non-hydrogen) atoms. The van der Waals surface area contributed by atoms with Crippen LogP contribution in [0.25, 0.3) is 33.6 Å². The number of nitrogens with one attached hydrogen (secondary N) is 2. The second-order valence-corrected chi connectivity index (χ2v) is 9.58. The monoisotopic (exact) mass is 487 g/mol. The molecule has 4 heterocycles. The Bertz CT molecular complexity index is 1550. The standard InChI is InChI=1S/C27H26FN5O3/c1-14-20-8-7-16-11-23(24-30-21-12-18(27(35)36-2)19(28)13-22(21)31-24)33(25(16)32-20)9-5-3-4-6-15-10-17(15)26(34)29-14/h3-4,7-8,11-15,17H,5-6,9-10H2,1-2H3,(H,29,34)(H,30,31)/b4-3+/t14-,15-,17-/m1/s1. The summed E-state index contributed by atoms with van der Waals surface area (Å²) in [4.78, 5) is 37.4. The van der Waals surface area contributed by atoms with Gasteiger partial charge in [-0.05, 0) is 56.4 Å². The minimum atomic E-state index is -0.747. The van der Waals surface area contributed by atoms with E-state index in [4.69, 9.17) is 4.98 Å². The lowest BCUT2D eigenvalue weighted by Crippen LogP contribution is -2.29. The lowest BCUT2D eigenvalue weighted by atomic mass is 10.1. The predicted molar refractivity (Wildman–Crippen MR) is 133 cm³/mol. The average molecular weight is 488 g/mol. The Kier molecular flexibility index (Phi) is 5.35. The van der Waals surface area contributed by atoms with E-state index in [9.17, 15) is 14.0 Å². The van der Waals surface area contributed by atoms with E-state index in [1.807, 2.05) is 25.1 Å². The van der Waals surface area contributed by atoms with E-state index in [0.29, 0.717) is 29.3 Å². The minimum Gasteiger partial charge on any atom is -0.465 e. The highest BCUT2D eigenvalue weighted by molar-refractivity contribution is 5.95. The first-order valence-corrected chi connectivity index (χ1v) is 12.2. The zero-order valence-electron chi connectivity index (χ0n) is 20.0. The van der Waals surface area contributed by atoms with Gasteiger partial charge in [0.05, 0.1) is 41.1 Å². The first kappa shape index (κ1) is 22.5. The van der Waals surface area contributed by atoms with Crippen LogP contribution in [0.3, 0.4) is 0 Å². The van der Waals surface area contributed by atoms with E-state index in [-0.39, 0.29) is 23.4 Å². The topological polar surface area (TPSA) is 102 Å². The van der Waals surface area contributed by atoms with Crippen molar-refractivity contribution >= 4 is 33.9 Å². The Morgan fingerprint density at radius 1 is 1.19 bits per heavy atom. The van der Waals surface area contributed by atoms with Gasteiger partial charge in [0.2, 0.25) is 5.91 Å². The van der Waals surface area contributed by atoms with Gasteiger partial charge in [-0.2, -0.15) is 0 Å². The number of benzene rings is 1. The maximum atomic E-state index is 14.5. The van der Waals surface area contributed by atoms with Gasteiger partial charge < -0.3 is 19.6 Å². The third kappa shape index (κ3) is 3.84. The molecule has 9 heteroatoms. The van der Waals surface area contributed by atoms with Gasteiger partial charge in [-0.25, -0.2) is 19.2 Å². The molecule has 184 valence electrons. The van der Waals surface area contributed by atoms with Crippen molar-refractivity contribution in [2.75, 3.05) is 7.11 Å². The van der Waals surface area contributed by atoms with Crippen molar-refractivity contribution in [1.29, 1.82) is 0 Å². The first-order valence-electron chi connectivity index (χ1n) is 12.2. The summed E-state index contributed by atoms with van der Waals surface area (Å²) in [5, 5.41) is 4.06. The fourth-order valence-electron chi connectivity index (χ4n) is 5.04. The number of ether oxygens (including phenoxy) is 1. The quantitative estimate of drug-likeness (QED) is 0.316. The van der Waals surface area contributed by atoms with E-state index < -0.39 is 11.8 Å². The number of aromatic nitrogens is 4. The maximum Gasteiger partial charge on any atom is 0.340 e. The zero-order chi connectivity index (χ0) is 25.0. The van der Waals surface area contributed by atoms with Crippen molar-refractivity contribution in [2.45, 2.75) is 38.8 Å². The van der Waals surface area contributed by atoms with Crippen LogP contribution in [0, 0.1) is 17.7 Å². The SMILES string of the molecule is COC(=O)c1cc2nc(-c3cc4ccc5nc4n3CC/C=C/C[C@@H]3C[C@H]3C(=O)N[C@@H]5C)[nH]c2cc1F. The molecule has 0 radical (unpaired) electrons. The molecule has 0 saturated heterocycles. The van der Waals surface area contributed by atoms with Crippen LogP contribution >= 0.6 is 0 Å². The van der Waals surface area contributed by atoms with Crippen LogP contribution in [0.15, 0.2) is 42.5 Å². The summed E-state index contributed by atoms with van der Waals surface area (Å²) in [5.74, 6) is -0.261. The molecule has 1 saturated carbocycles. The molecule has 8 nitrogen and oxygen atoms in total. The van der Waals surface area contributed by atoms with Gasteiger partial charge in [0.1, 0.15) is 11.5 Å². The van der Waals surface area contributed by atoms with Crippen LogP contribution < -0.4 is 5.32 Å². The number of fused-ring (bicyclic) bond motifs is 3. The number of methoxy groups -OCH3 is 1. The van der Waals surface area contributed by atoms with E-state index in [1.54, 1.807) is 0 Å². The zero-order valence-corrected chi connectivity index (χ0v) is 20.0. The normalized spacial score (nSPS) is 22.8. The number of nitrogens with zero attached hydrogens (tertiary/aromatic N) is 3. The molecule has 1 aliphatic heterocycles. The van der Waals surface area contributed by atoms with Crippen LogP contribution in [-0.4, -0.2) is 38.5 Å². The van der Waals surface area contributed by atoms with Gasteiger partial charge in [-0.1, -0.05) is 12.2 Å².